The highest BCUT2D eigenvalue weighted by Crippen LogP contribution is 2.51. The largest absolute Gasteiger partial charge is 0.454 e. The van der Waals surface area contributed by atoms with Crippen LogP contribution in [0.15, 0.2) is 60.7 Å². The van der Waals surface area contributed by atoms with Crippen molar-refractivity contribution in [3.05, 3.63) is 82.9 Å². The molecule has 1 aliphatic carbocycles. The van der Waals surface area contributed by atoms with Gasteiger partial charge in [0.05, 0.1) is 5.41 Å². The van der Waals surface area contributed by atoms with E-state index in [4.69, 9.17) is 9.47 Å². The molecule has 5 rings (SSSR count). The highest BCUT2D eigenvalue weighted by molar-refractivity contribution is 5.95. The Morgan fingerprint density at radius 1 is 0.914 bits per heavy atom. The van der Waals surface area contributed by atoms with Crippen LogP contribution >= 0.6 is 0 Å². The fraction of sp³-hybridized carbons (Fsp3) is 0.387. The van der Waals surface area contributed by atoms with E-state index < -0.39 is 0 Å². The summed E-state index contributed by atoms with van der Waals surface area (Å²) in [6, 6.07) is 21.1. The van der Waals surface area contributed by atoms with Gasteiger partial charge in [-0.25, -0.2) is 0 Å². The zero-order valence-electron chi connectivity index (χ0n) is 21.2. The van der Waals surface area contributed by atoms with Crippen LogP contribution in [-0.4, -0.2) is 19.1 Å². The molecule has 2 aliphatic rings. The van der Waals surface area contributed by atoms with E-state index in [1.165, 1.54) is 22.3 Å². The summed E-state index contributed by atoms with van der Waals surface area (Å²) < 4.78 is 11.0. The Hall–Kier alpha value is -3.11. The van der Waals surface area contributed by atoms with Gasteiger partial charge in [0, 0.05) is 19.5 Å². The van der Waals surface area contributed by atoms with Crippen LogP contribution in [0.4, 0.5) is 0 Å². The second-order valence-electron chi connectivity index (χ2n) is 11.3. The van der Waals surface area contributed by atoms with Gasteiger partial charge in [0.1, 0.15) is 5.78 Å². The zero-order chi connectivity index (χ0) is 24.6. The third-order valence-corrected chi connectivity index (χ3v) is 7.12. The van der Waals surface area contributed by atoms with Crippen LogP contribution in [0.25, 0.3) is 11.1 Å². The van der Waals surface area contributed by atoms with Crippen molar-refractivity contribution in [1.29, 1.82) is 0 Å². The van der Waals surface area contributed by atoms with Crippen molar-refractivity contribution in [1.82, 2.24) is 5.32 Å². The minimum Gasteiger partial charge on any atom is -0.454 e. The molecular formula is C31H35NO3. The molecule has 0 unspecified atom stereocenters. The maximum Gasteiger partial charge on any atom is 0.231 e. The lowest BCUT2D eigenvalue weighted by atomic mass is 9.87. The highest BCUT2D eigenvalue weighted by Gasteiger charge is 2.50. The minimum atomic E-state index is -0.381. The number of carbonyl (C=O) groups is 1. The van der Waals surface area contributed by atoms with Crippen LogP contribution in [0.3, 0.4) is 0 Å². The normalized spacial score (nSPS) is 15.8. The van der Waals surface area contributed by atoms with E-state index in [9.17, 15) is 4.79 Å². The number of ketones is 1. The van der Waals surface area contributed by atoms with Gasteiger partial charge in [-0.15, -0.1) is 0 Å². The first-order valence-corrected chi connectivity index (χ1v) is 12.6. The monoisotopic (exact) mass is 469 g/mol. The number of hydrogen-bond donors (Lipinski definition) is 1. The Balaban J connectivity index is 1.29. The number of benzene rings is 3. The second kappa shape index (κ2) is 9.16. The standard InChI is InChI=1S/C31H35NO3/c1-21-5-6-23(15-26(21)24-9-7-22(8-10-24)18-32-19-30(2,3)4)16-29(33)31(13-14-31)25-11-12-27-28(17-25)35-20-34-27/h5-12,15,17,32H,13-14,16,18-20H2,1-4H3. The number of carbonyl (C=O) groups excluding carboxylic acids is 1. The fourth-order valence-electron chi connectivity index (χ4n) is 4.88. The number of rotatable bonds is 8. The first-order valence-electron chi connectivity index (χ1n) is 12.6. The van der Waals surface area contributed by atoms with Gasteiger partial charge in [-0.05, 0) is 70.7 Å². The molecule has 3 aromatic rings. The summed E-state index contributed by atoms with van der Waals surface area (Å²) in [6.45, 7) is 11.0. The summed E-state index contributed by atoms with van der Waals surface area (Å²) >= 11 is 0. The Labute approximate surface area is 208 Å². The van der Waals surface area contributed by atoms with Crippen LogP contribution in [0, 0.1) is 12.3 Å². The molecule has 0 spiro atoms. The SMILES string of the molecule is Cc1ccc(CC(=O)C2(c3ccc4c(c3)OCO4)CC2)cc1-c1ccc(CNCC(C)(C)C)cc1. The molecule has 4 heteroatoms. The predicted molar refractivity (Wildman–Crippen MR) is 140 cm³/mol. The van der Waals surface area contributed by atoms with Crippen molar-refractivity contribution in [3.8, 4) is 22.6 Å². The predicted octanol–water partition coefficient (Wildman–Crippen LogP) is 6.37. The number of aryl methyl sites for hydroxylation is 1. The molecule has 0 radical (unpaired) electrons. The summed E-state index contributed by atoms with van der Waals surface area (Å²) in [7, 11) is 0. The Bertz CT molecular complexity index is 1230. The highest BCUT2D eigenvalue weighted by atomic mass is 16.7. The second-order valence-corrected chi connectivity index (χ2v) is 11.3. The van der Waals surface area contributed by atoms with Crippen molar-refractivity contribution in [2.24, 2.45) is 5.41 Å². The Kier molecular flexibility index (Phi) is 6.18. The zero-order valence-corrected chi connectivity index (χ0v) is 21.2. The van der Waals surface area contributed by atoms with Gasteiger partial charge in [-0.1, -0.05) is 69.3 Å². The molecule has 3 aromatic carbocycles. The maximum absolute atomic E-state index is 13.5. The molecule has 1 fully saturated rings. The van der Waals surface area contributed by atoms with Gasteiger partial charge in [0.15, 0.2) is 11.5 Å². The molecule has 0 bridgehead atoms. The van der Waals surface area contributed by atoms with Crippen LogP contribution < -0.4 is 14.8 Å². The third kappa shape index (κ3) is 5.13. The minimum absolute atomic E-state index is 0.250. The first kappa shape index (κ1) is 23.6. The maximum atomic E-state index is 13.5. The summed E-state index contributed by atoms with van der Waals surface area (Å²) in [4.78, 5) is 13.5. The summed E-state index contributed by atoms with van der Waals surface area (Å²) in [5, 5.41) is 3.54. The lowest BCUT2D eigenvalue weighted by Gasteiger charge is -2.19. The number of Topliss-reactive ketones (excluding diaryl/α,β-unsaturated/α-hetero) is 1. The molecule has 1 N–H and O–H groups in total. The lowest BCUT2D eigenvalue weighted by Crippen LogP contribution is -2.26. The van der Waals surface area contributed by atoms with E-state index >= 15 is 0 Å². The number of hydrogen-bond acceptors (Lipinski definition) is 4. The van der Waals surface area contributed by atoms with Crippen LogP contribution in [0.5, 0.6) is 11.5 Å². The third-order valence-electron chi connectivity index (χ3n) is 7.12. The van der Waals surface area contributed by atoms with Crippen molar-refractivity contribution < 1.29 is 14.3 Å². The number of fused-ring (bicyclic) bond motifs is 1. The Morgan fingerprint density at radius 2 is 1.63 bits per heavy atom. The molecule has 35 heavy (non-hydrogen) atoms. The number of nitrogens with one attached hydrogen (secondary N) is 1. The fourth-order valence-corrected chi connectivity index (χ4v) is 4.88. The molecule has 1 aliphatic heterocycles. The van der Waals surface area contributed by atoms with Gasteiger partial charge >= 0.3 is 0 Å². The number of ether oxygens (including phenoxy) is 2. The molecule has 0 aromatic heterocycles. The molecule has 4 nitrogen and oxygen atoms in total. The first-order chi connectivity index (χ1) is 16.7. The van der Waals surface area contributed by atoms with Gasteiger partial charge in [-0.3, -0.25) is 4.79 Å². The molecule has 0 atom stereocenters. The lowest BCUT2D eigenvalue weighted by molar-refractivity contribution is -0.120. The quantitative estimate of drug-likeness (QED) is 0.416. The van der Waals surface area contributed by atoms with Crippen LogP contribution in [0.1, 0.15) is 55.9 Å². The molecule has 1 saturated carbocycles. The van der Waals surface area contributed by atoms with Gasteiger partial charge in [0.25, 0.3) is 0 Å². The van der Waals surface area contributed by atoms with E-state index in [0.29, 0.717) is 6.42 Å². The van der Waals surface area contributed by atoms with Gasteiger partial charge in [-0.2, -0.15) is 0 Å². The van der Waals surface area contributed by atoms with Crippen LogP contribution in [-0.2, 0) is 23.2 Å². The van der Waals surface area contributed by atoms with E-state index in [0.717, 1.165) is 48.6 Å². The smallest absolute Gasteiger partial charge is 0.231 e. The molecule has 182 valence electrons. The molecule has 0 saturated heterocycles. The van der Waals surface area contributed by atoms with Crippen molar-refractivity contribution in [3.63, 3.8) is 0 Å². The van der Waals surface area contributed by atoms with E-state index in [2.05, 4.69) is 75.5 Å². The van der Waals surface area contributed by atoms with E-state index in [-0.39, 0.29) is 23.4 Å². The summed E-state index contributed by atoms with van der Waals surface area (Å²) in [5.41, 5.74) is 6.89. The topological polar surface area (TPSA) is 47.6 Å². The Morgan fingerprint density at radius 3 is 2.34 bits per heavy atom. The van der Waals surface area contributed by atoms with Crippen molar-refractivity contribution in [2.45, 2.75) is 58.9 Å². The molecule has 0 amide bonds. The average molecular weight is 470 g/mol. The van der Waals surface area contributed by atoms with Gasteiger partial charge < -0.3 is 14.8 Å². The summed E-state index contributed by atoms with van der Waals surface area (Å²) in [6.07, 6.45) is 2.24. The van der Waals surface area contributed by atoms with Crippen LogP contribution in [0.2, 0.25) is 0 Å². The van der Waals surface area contributed by atoms with Crippen molar-refractivity contribution >= 4 is 5.78 Å². The molecular weight excluding hydrogens is 434 g/mol. The summed E-state index contributed by atoms with van der Waals surface area (Å²) in [5.74, 6) is 1.79. The average Bonchev–Trinajstić information content (AvgIpc) is 3.51. The molecule has 1 heterocycles. The van der Waals surface area contributed by atoms with Gasteiger partial charge in [0.2, 0.25) is 6.79 Å². The van der Waals surface area contributed by atoms with Crippen molar-refractivity contribution in [2.75, 3.05) is 13.3 Å². The van der Waals surface area contributed by atoms with E-state index in [1.54, 1.807) is 0 Å². The van der Waals surface area contributed by atoms with E-state index in [1.807, 2.05) is 18.2 Å².